The minimum absolute atomic E-state index is 0.607. The summed E-state index contributed by atoms with van der Waals surface area (Å²) in [7, 11) is 1.03. The number of epoxide rings is 1. The molecule has 0 aromatic rings. The molecule has 2 aliphatic rings. The highest BCUT2D eigenvalue weighted by atomic mass is 28.2. The van der Waals surface area contributed by atoms with Crippen molar-refractivity contribution < 1.29 is 9.47 Å². The van der Waals surface area contributed by atoms with E-state index in [-0.39, 0.29) is 0 Å². The van der Waals surface area contributed by atoms with E-state index in [0.717, 1.165) is 28.7 Å². The van der Waals surface area contributed by atoms with Gasteiger partial charge >= 0.3 is 0 Å². The number of hydrogen-bond donors (Lipinski definition) is 0. The Morgan fingerprint density at radius 3 is 3.08 bits per heavy atom. The van der Waals surface area contributed by atoms with Crippen molar-refractivity contribution in [3.05, 3.63) is 0 Å². The first-order chi connectivity index (χ1) is 6.40. The Kier molecular flexibility index (Phi) is 3.41. The maximum absolute atomic E-state index is 5.63. The number of rotatable bonds is 5. The van der Waals surface area contributed by atoms with Gasteiger partial charge in [0.2, 0.25) is 0 Å². The normalized spacial score (nSPS) is 37.2. The molecule has 2 nitrogen and oxygen atoms in total. The quantitative estimate of drug-likeness (QED) is 0.381. The van der Waals surface area contributed by atoms with Gasteiger partial charge in [-0.2, -0.15) is 0 Å². The van der Waals surface area contributed by atoms with Crippen LogP contribution in [0.2, 0.25) is 12.6 Å². The van der Waals surface area contributed by atoms with Crippen LogP contribution in [0.4, 0.5) is 0 Å². The molecule has 0 aromatic carbocycles. The van der Waals surface area contributed by atoms with Crippen molar-refractivity contribution in [1.29, 1.82) is 0 Å². The van der Waals surface area contributed by atoms with Gasteiger partial charge in [0.1, 0.15) is 0 Å². The molecule has 1 aliphatic carbocycles. The van der Waals surface area contributed by atoms with E-state index in [1.54, 1.807) is 0 Å². The summed E-state index contributed by atoms with van der Waals surface area (Å²) < 4.78 is 11.1. The third-order valence-electron chi connectivity index (χ3n) is 2.96. The van der Waals surface area contributed by atoms with E-state index < -0.39 is 0 Å². The molecule has 1 saturated carbocycles. The van der Waals surface area contributed by atoms with Gasteiger partial charge in [0, 0.05) is 22.7 Å². The minimum Gasteiger partial charge on any atom is -0.381 e. The Labute approximate surface area is 82.8 Å². The van der Waals surface area contributed by atoms with Gasteiger partial charge in [0.15, 0.2) is 0 Å². The van der Waals surface area contributed by atoms with Gasteiger partial charge in [-0.1, -0.05) is 6.55 Å². The molecule has 0 spiro atoms. The van der Waals surface area contributed by atoms with Gasteiger partial charge in [-0.15, -0.1) is 0 Å². The lowest BCUT2D eigenvalue weighted by Crippen LogP contribution is -2.18. The van der Waals surface area contributed by atoms with Crippen molar-refractivity contribution in [3.63, 3.8) is 0 Å². The van der Waals surface area contributed by atoms with Crippen LogP contribution in [0.25, 0.3) is 0 Å². The Balaban J connectivity index is 1.54. The second kappa shape index (κ2) is 4.58. The largest absolute Gasteiger partial charge is 0.381 e. The monoisotopic (exact) mass is 198 g/mol. The van der Waals surface area contributed by atoms with Gasteiger partial charge in [0.25, 0.3) is 0 Å². The van der Waals surface area contributed by atoms with Gasteiger partial charge in [-0.3, -0.25) is 0 Å². The van der Waals surface area contributed by atoms with Crippen molar-refractivity contribution in [3.8, 4) is 0 Å². The first kappa shape index (κ1) is 9.68. The Morgan fingerprint density at radius 1 is 1.38 bits per heavy atom. The van der Waals surface area contributed by atoms with Crippen molar-refractivity contribution in [2.75, 3.05) is 13.2 Å². The fraction of sp³-hybridized carbons (Fsp3) is 1.00. The van der Waals surface area contributed by atoms with Crippen LogP contribution in [0.15, 0.2) is 0 Å². The van der Waals surface area contributed by atoms with Gasteiger partial charge < -0.3 is 9.47 Å². The van der Waals surface area contributed by atoms with Crippen LogP contribution in [0.3, 0.4) is 0 Å². The molecule has 3 heteroatoms. The highest BCUT2D eigenvalue weighted by Gasteiger charge is 2.43. The molecular formula is C10H18O2Si. The predicted molar refractivity (Wildman–Crippen MR) is 53.2 cm³/mol. The summed E-state index contributed by atoms with van der Waals surface area (Å²) in [5.74, 6) is 0.781. The third kappa shape index (κ3) is 2.79. The molecule has 2 fully saturated rings. The SMILES string of the molecule is C[Si]CCOCC1CCC2OC2C1. The van der Waals surface area contributed by atoms with Crippen LogP contribution < -0.4 is 0 Å². The molecule has 0 N–H and O–H groups in total. The van der Waals surface area contributed by atoms with Crippen LogP contribution in [-0.4, -0.2) is 34.9 Å². The molecule has 1 heterocycles. The second-order valence-electron chi connectivity index (χ2n) is 4.07. The summed E-state index contributed by atoms with van der Waals surface area (Å²) in [5.41, 5.74) is 0. The lowest BCUT2D eigenvalue weighted by atomic mass is 9.90. The summed E-state index contributed by atoms with van der Waals surface area (Å²) in [6.07, 6.45) is 5.08. The van der Waals surface area contributed by atoms with Crippen molar-refractivity contribution in [1.82, 2.24) is 0 Å². The van der Waals surface area contributed by atoms with Gasteiger partial charge in [0.05, 0.1) is 12.2 Å². The Morgan fingerprint density at radius 2 is 2.31 bits per heavy atom. The molecule has 1 aliphatic heterocycles. The van der Waals surface area contributed by atoms with Crippen LogP contribution in [-0.2, 0) is 9.47 Å². The zero-order valence-electron chi connectivity index (χ0n) is 8.29. The molecule has 74 valence electrons. The predicted octanol–water partition coefficient (Wildman–Crippen LogP) is 1.74. The molecule has 1 saturated heterocycles. The first-order valence-corrected chi connectivity index (χ1v) is 6.98. The highest BCUT2D eigenvalue weighted by molar-refractivity contribution is 6.33. The molecule has 2 radical (unpaired) electrons. The van der Waals surface area contributed by atoms with Crippen molar-refractivity contribution >= 4 is 9.52 Å². The van der Waals surface area contributed by atoms with E-state index in [0.29, 0.717) is 12.2 Å². The van der Waals surface area contributed by atoms with E-state index in [1.165, 1.54) is 25.3 Å². The average Bonchev–Trinajstić information content (AvgIpc) is 2.90. The minimum atomic E-state index is 0.607. The summed E-state index contributed by atoms with van der Waals surface area (Å²) in [5, 5.41) is 0. The molecule has 2 rings (SSSR count). The molecular weight excluding hydrogens is 180 g/mol. The molecule has 0 amide bonds. The summed E-state index contributed by atoms with van der Waals surface area (Å²) >= 11 is 0. The molecule has 0 aromatic heterocycles. The second-order valence-corrected chi connectivity index (χ2v) is 5.28. The highest BCUT2D eigenvalue weighted by Crippen LogP contribution is 2.39. The van der Waals surface area contributed by atoms with E-state index >= 15 is 0 Å². The summed E-state index contributed by atoms with van der Waals surface area (Å²) in [6, 6.07) is 1.23. The van der Waals surface area contributed by atoms with E-state index in [4.69, 9.17) is 9.47 Å². The van der Waals surface area contributed by atoms with Crippen molar-refractivity contribution in [2.45, 2.75) is 44.1 Å². The van der Waals surface area contributed by atoms with Crippen LogP contribution in [0.5, 0.6) is 0 Å². The average molecular weight is 198 g/mol. The van der Waals surface area contributed by atoms with Crippen molar-refractivity contribution in [2.24, 2.45) is 5.92 Å². The summed E-state index contributed by atoms with van der Waals surface area (Å²) in [4.78, 5) is 0. The van der Waals surface area contributed by atoms with Gasteiger partial charge in [-0.05, 0) is 31.2 Å². The zero-order chi connectivity index (χ0) is 9.10. The third-order valence-corrected chi connectivity index (χ3v) is 3.67. The topological polar surface area (TPSA) is 21.8 Å². The molecule has 13 heavy (non-hydrogen) atoms. The van der Waals surface area contributed by atoms with Crippen LogP contribution in [0.1, 0.15) is 19.3 Å². The van der Waals surface area contributed by atoms with Crippen LogP contribution >= 0.6 is 0 Å². The number of fused-ring (bicyclic) bond motifs is 1. The summed E-state index contributed by atoms with van der Waals surface area (Å²) in [6.45, 7) is 4.16. The molecule has 0 bridgehead atoms. The lowest BCUT2D eigenvalue weighted by Gasteiger charge is -2.18. The lowest BCUT2D eigenvalue weighted by molar-refractivity contribution is 0.0980. The van der Waals surface area contributed by atoms with E-state index in [2.05, 4.69) is 6.55 Å². The standard InChI is InChI=1S/C10H18O2Si/c1-13-5-4-11-7-8-2-3-9-10(6-8)12-9/h8-10H,2-7H2,1H3. The maximum atomic E-state index is 5.63. The van der Waals surface area contributed by atoms with E-state index in [1.807, 2.05) is 0 Å². The first-order valence-electron chi connectivity index (χ1n) is 5.28. The smallest absolute Gasteiger partial charge is 0.0845 e. The fourth-order valence-electron chi connectivity index (χ4n) is 2.06. The van der Waals surface area contributed by atoms with Gasteiger partial charge in [-0.25, -0.2) is 0 Å². The fourth-order valence-corrected chi connectivity index (χ4v) is 2.41. The molecule has 3 atom stereocenters. The Bertz CT molecular complexity index is 163. The zero-order valence-corrected chi connectivity index (χ0v) is 9.29. The number of hydrogen-bond acceptors (Lipinski definition) is 2. The van der Waals surface area contributed by atoms with Crippen LogP contribution in [0, 0.1) is 5.92 Å². The Hall–Kier alpha value is 0.137. The maximum Gasteiger partial charge on any atom is 0.0845 e. The van der Waals surface area contributed by atoms with E-state index in [9.17, 15) is 0 Å². The number of ether oxygens (including phenoxy) is 2. The molecule has 3 unspecified atom stereocenters.